The van der Waals surface area contributed by atoms with Gasteiger partial charge in [-0.25, -0.2) is 17.9 Å². The van der Waals surface area contributed by atoms with Crippen LogP contribution in [0.2, 0.25) is 5.02 Å². The minimum Gasteiger partial charge on any atom is -0.490 e. The number of ether oxygens (including phenoxy) is 2. The average Bonchev–Trinajstić information content (AvgIpc) is 3.27. The number of amides is 2. The molecule has 1 fully saturated rings. The molecule has 1 N–H and O–H groups in total. The van der Waals surface area contributed by atoms with Gasteiger partial charge in [-0.3, -0.25) is 4.79 Å². The van der Waals surface area contributed by atoms with E-state index in [4.69, 9.17) is 21.1 Å². The van der Waals surface area contributed by atoms with E-state index in [1.54, 1.807) is 16.7 Å². The quantitative estimate of drug-likeness (QED) is 0.225. The van der Waals surface area contributed by atoms with Crippen molar-refractivity contribution in [3.63, 3.8) is 0 Å². The first kappa shape index (κ1) is 31.4. The summed E-state index contributed by atoms with van der Waals surface area (Å²) in [6.45, 7) is 5.16. The second kappa shape index (κ2) is 13.7. The Morgan fingerprint density at radius 1 is 1.02 bits per heavy atom. The predicted octanol–water partition coefficient (Wildman–Crippen LogP) is 6.10. The molecule has 1 atom stereocenters. The monoisotopic (exact) mass is 637 g/mol. The van der Waals surface area contributed by atoms with Gasteiger partial charge in [0.15, 0.2) is 0 Å². The van der Waals surface area contributed by atoms with E-state index in [0.29, 0.717) is 42.3 Å². The zero-order chi connectivity index (χ0) is 31.3. The van der Waals surface area contributed by atoms with Gasteiger partial charge in [0.2, 0.25) is 10.0 Å². The van der Waals surface area contributed by atoms with Crippen LogP contribution >= 0.6 is 11.6 Å². The van der Waals surface area contributed by atoms with Crippen molar-refractivity contribution in [3.8, 4) is 5.75 Å². The third-order valence-corrected chi connectivity index (χ3v) is 9.50. The molecule has 1 aliphatic heterocycles. The van der Waals surface area contributed by atoms with Crippen LogP contribution in [0.1, 0.15) is 40.0 Å². The van der Waals surface area contributed by atoms with Gasteiger partial charge in [-0.15, -0.1) is 0 Å². The predicted molar refractivity (Wildman–Crippen MR) is 171 cm³/mol. The number of fused-ring (bicyclic) bond motifs is 1. The molecular weight excluding hydrogens is 602 g/mol. The van der Waals surface area contributed by atoms with E-state index >= 15 is 0 Å². The Hall–Kier alpha value is -4.02. The molecule has 0 unspecified atom stereocenters. The highest BCUT2D eigenvalue weighted by Crippen LogP contribution is 2.28. The van der Waals surface area contributed by atoms with E-state index in [-0.39, 0.29) is 37.1 Å². The van der Waals surface area contributed by atoms with Crippen LogP contribution in [0.5, 0.6) is 5.75 Å². The largest absolute Gasteiger partial charge is 0.490 e. The smallest absolute Gasteiger partial charge is 0.410 e. The minimum absolute atomic E-state index is 0.144. The van der Waals surface area contributed by atoms with E-state index in [1.807, 2.05) is 74.5 Å². The Bertz CT molecular complexity index is 1760. The van der Waals surface area contributed by atoms with Crippen LogP contribution in [0.4, 0.5) is 4.79 Å². The summed E-state index contributed by atoms with van der Waals surface area (Å²) in [6, 6.07) is 22.4. The van der Waals surface area contributed by atoms with Crippen molar-refractivity contribution < 1.29 is 27.5 Å². The Labute approximate surface area is 262 Å². The number of piperidine rings is 1. The normalized spacial score (nSPS) is 15.2. The summed E-state index contributed by atoms with van der Waals surface area (Å²) in [6.07, 6.45) is 0.789. The van der Waals surface area contributed by atoms with Crippen LogP contribution in [-0.4, -0.2) is 55.3 Å². The molecule has 4 aromatic rings. The molecule has 5 rings (SSSR count). The summed E-state index contributed by atoms with van der Waals surface area (Å²) in [4.78, 5) is 27.8. The van der Waals surface area contributed by atoms with E-state index < -0.39 is 22.0 Å². The highest BCUT2D eigenvalue weighted by molar-refractivity contribution is 7.90. The van der Waals surface area contributed by atoms with Crippen molar-refractivity contribution in [2.75, 3.05) is 25.4 Å². The van der Waals surface area contributed by atoms with Gasteiger partial charge in [-0.1, -0.05) is 65.7 Å². The maximum atomic E-state index is 13.6. The molecule has 0 bridgehead atoms. The Morgan fingerprint density at radius 2 is 1.77 bits per heavy atom. The molecule has 0 radical (unpaired) electrons. The maximum Gasteiger partial charge on any atom is 0.410 e. The lowest BCUT2D eigenvalue weighted by molar-refractivity contribution is 0.0811. The van der Waals surface area contributed by atoms with Crippen molar-refractivity contribution in [2.24, 2.45) is 5.92 Å². The Balaban J connectivity index is 1.26. The number of carbonyl (C=O) groups is 2. The van der Waals surface area contributed by atoms with Gasteiger partial charge in [0, 0.05) is 24.0 Å². The summed E-state index contributed by atoms with van der Waals surface area (Å²) in [5, 5.41) is 1.34. The number of carbonyl (C=O) groups excluding carboxylic acids is 2. The summed E-state index contributed by atoms with van der Waals surface area (Å²) in [5.41, 5.74) is 3.63. The molecule has 1 saturated heterocycles. The number of hydrogen-bond acceptors (Lipinski definition) is 6. The molecule has 0 saturated carbocycles. The molecule has 0 spiro atoms. The number of aromatic nitrogens is 1. The number of hydrogen-bond donors (Lipinski definition) is 1. The van der Waals surface area contributed by atoms with E-state index in [1.165, 1.54) is 4.90 Å². The van der Waals surface area contributed by atoms with Crippen molar-refractivity contribution in [2.45, 2.75) is 39.8 Å². The number of para-hydroxylation sites is 1. The average molecular weight is 638 g/mol. The van der Waals surface area contributed by atoms with Crippen LogP contribution in [0.15, 0.2) is 72.8 Å². The number of halogens is 1. The lowest BCUT2D eigenvalue weighted by atomic mass is 10.0. The zero-order valence-electron chi connectivity index (χ0n) is 24.8. The number of benzene rings is 3. The molecule has 232 valence electrons. The number of likely N-dealkylation sites (tertiary alicyclic amines) is 1. The fraction of sp³-hybridized carbons (Fsp3) is 0.333. The Kier molecular flexibility index (Phi) is 9.80. The van der Waals surface area contributed by atoms with Crippen molar-refractivity contribution in [3.05, 3.63) is 100 Å². The van der Waals surface area contributed by atoms with Gasteiger partial charge in [-0.2, -0.15) is 0 Å². The van der Waals surface area contributed by atoms with Gasteiger partial charge in [0.25, 0.3) is 5.91 Å². The van der Waals surface area contributed by atoms with Crippen LogP contribution in [0.3, 0.4) is 0 Å². The topological polar surface area (TPSA) is 107 Å². The highest BCUT2D eigenvalue weighted by atomic mass is 35.5. The number of nitrogens with zero attached hydrogens (tertiary/aromatic N) is 2. The highest BCUT2D eigenvalue weighted by Gasteiger charge is 2.30. The zero-order valence-corrected chi connectivity index (χ0v) is 26.4. The summed E-state index contributed by atoms with van der Waals surface area (Å²) in [7, 11) is -4.02. The molecule has 1 aromatic heterocycles. The second-order valence-corrected chi connectivity index (χ2v) is 13.3. The second-order valence-electron chi connectivity index (χ2n) is 11.1. The molecule has 44 heavy (non-hydrogen) atoms. The lowest BCUT2D eigenvalue weighted by Crippen LogP contribution is -2.44. The summed E-state index contributed by atoms with van der Waals surface area (Å²) in [5.74, 6) is -0.798. The molecule has 3 aromatic carbocycles. The van der Waals surface area contributed by atoms with Gasteiger partial charge < -0.3 is 18.9 Å². The third kappa shape index (κ3) is 7.54. The van der Waals surface area contributed by atoms with Crippen LogP contribution < -0.4 is 9.46 Å². The number of rotatable bonds is 10. The van der Waals surface area contributed by atoms with Gasteiger partial charge >= 0.3 is 6.09 Å². The van der Waals surface area contributed by atoms with Crippen molar-refractivity contribution in [1.82, 2.24) is 14.2 Å². The molecule has 11 heteroatoms. The van der Waals surface area contributed by atoms with Crippen LogP contribution in [0, 0.1) is 19.8 Å². The van der Waals surface area contributed by atoms with Gasteiger partial charge in [0.05, 0.1) is 17.3 Å². The van der Waals surface area contributed by atoms with Gasteiger partial charge in [-0.05, 0) is 68.0 Å². The lowest BCUT2D eigenvalue weighted by Gasteiger charge is -2.31. The number of nitrogens with one attached hydrogen (secondary N) is 1. The van der Waals surface area contributed by atoms with Crippen LogP contribution in [-0.2, 0) is 27.9 Å². The molecule has 2 amide bonds. The maximum absolute atomic E-state index is 13.6. The van der Waals surface area contributed by atoms with Crippen molar-refractivity contribution in [1.29, 1.82) is 0 Å². The first-order valence-corrected chi connectivity index (χ1v) is 16.6. The summed E-state index contributed by atoms with van der Waals surface area (Å²) < 4.78 is 42.0. The minimum atomic E-state index is -4.02. The third-order valence-electron chi connectivity index (χ3n) is 7.78. The van der Waals surface area contributed by atoms with Crippen molar-refractivity contribution >= 4 is 44.5 Å². The Morgan fingerprint density at radius 3 is 2.55 bits per heavy atom. The molecule has 9 nitrogen and oxygen atoms in total. The summed E-state index contributed by atoms with van der Waals surface area (Å²) >= 11 is 6.23. The fourth-order valence-corrected chi connectivity index (χ4v) is 7.23. The molecular formula is C33H36ClN3O6S. The van der Waals surface area contributed by atoms with E-state index in [9.17, 15) is 18.0 Å². The SMILES string of the molecule is Cc1ccc2c(c1)c(C)c(C(=O)NS(=O)(=O)C[C@H]1CCCN(C(=O)OCc3ccccc3)C1)n2CCOc1ccccc1Cl. The molecule has 2 heterocycles. The van der Waals surface area contributed by atoms with E-state index in [0.717, 1.165) is 22.0 Å². The van der Waals surface area contributed by atoms with E-state index in [2.05, 4.69) is 4.72 Å². The first-order chi connectivity index (χ1) is 21.1. The number of aryl methyl sites for hydroxylation is 2. The molecule has 1 aliphatic rings. The van der Waals surface area contributed by atoms with Gasteiger partial charge in [0.1, 0.15) is 24.7 Å². The van der Waals surface area contributed by atoms with Crippen LogP contribution in [0.25, 0.3) is 10.9 Å². The number of sulfonamides is 1. The molecule has 0 aliphatic carbocycles. The fourth-order valence-electron chi connectivity index (χ4n) is 5.69. The standard InChI is InChI=1S/C33H36ClN3O6S/c1-23-14-15-29-27(19-23)24(2)31(37(29)17-18-42-30-13-7-6-12-28(30)34)32(38)35-44(40,41)22-26-11-8-16-36(20-26)33(39)43-21-25-9-4-3-5-10-25/h3-7,9-10,12-15,19,26H,8,11,16-18,20-22H2,1-2H3,(H,35,38)/t26-/m0/s1. The first-order valence-electron chi connectivity index (χ1n) is 14.6.